The number of aliphatic hydroxyl groups is 1. The number of likely N-dealkylation sites (N-methyl/N-ethyl adjacent to an activating group) is 1. The van der Waals surface area contributed by atoms with Crippen LogP contribution in [0.1, 0.15) is 42.5 Å². The van der Waals surface area contributed by atoms with E-state index in [0.717, 1.165) is 16.9 Å². The Hall–Kier alpha value is -1.65. The predicted molar refractivity (Wildman–Crippen MR) is 130 cm³/mol. The first-order chi connectivity index (χ1) is 13.6. The van der Waals surface area contributed by atoms with E-state index in [-0.39, 0.29) is 42.4 Å². The Morgan fingerprint density at radius 1 is 1.23 bits per heavy atom. The minimum atomic E-state index is -1.14. The van der Waals surface area contributed by atoms with Crippen LogP contribution in [0.2, 0.25) is 0 Å². The molecule has 2 atom stereocenters. The van der Waals surface area contributed by atoms with Gasteiger partial charge >= 0.3 is 0 Å². The third-order valence-corrected chi connectivity index (χ3v) is 4.85. The highest BCUT2D eigenvalue weighted by atomic mass is 127. The first-order valence-electron chi connectivity index (χ1n) is 9.88. The molecule has 0 amide bonds. The summed E-state index contributed by atoms with van der Waals surface area (Å²) in [7, 11) is 3.96. The van der Waals surface area contributed by atoms with Crippen molar-refractivity contribution in [1.82, 2.24) is 15.5 Å². The van der Waals surface area contributed by atoms with Gasteiger partial charge in [-0.15, -0.1) is 24.0 Å². The minimum absolute atomic E-state index is 0. The van der Waals surface area contributed by atoms with E-state index in [9.17, 15) is 9.50 Å². The maximum absolute atomic E-state index is 13.3. The molecule has 1 aromatic heterocycles. The van der Waals surface area contributed by atoms with Crippen LogP contribution in [0, 0.1) is 19.7 Å². The summed E-state index contributed by atoms with van der Waals surface area (Å²) in [5.74, 6) is 1.82. The van der Waals surface area contributed by atoms with Crippen molar-refractivity contribution in [1.29, 1.82) is 0 Å². The Morgan fingerprint density at radius 2 is 1.87 bits per heavy atom. The van der Waals surface area contributed by atoms with Crippen molar-refractivity contribution >= 4 is 29.9 Å². The standard InChI is InChI=1S/C22H33FN4O2.HI/c1-7-24-21(26-14-22(4,28)19-12-15(2)29-16(19)3)25-13-20(27(5)6)17-8-10-18(23)11-9-17;/h8-12,20,28H,7,13-14H2,1-6H3,(H2,24,25,26);1H. The van der Waals surface area contributed by atoms with Gasteiger partial charge in [-0.1, -0.05) is 12.1 Å². The number of guanidine groups is 1. The lowest BCUT2D eigenvalue weighted by molar-refractivity contribution is 0.0657. The molecule has 2 aromatic rings. The normalized spacial score (nSPS) is 14.8. The Balaban J connectivity index is 0.00000450. The maximum atomic E-state index is 13.3. The lowest BCUT2D eigenvalue weighted by Gasteiger charge is -2.26. The van der Waals surface area contributed by atoms with Crippen LogP contribution in [0.4, 0.5) is 4.39 Å². The molecule has 0 saturated carbocycles. The van der Waals surface area contributed by atoms with Crippen LogP contribution in [0.3, 0.4) is 0 Å². The van der Waals surface area contributed by atoms with Crippen molar-refractivity contribution < 1.29 is 13.9 Å². The van der Waals surface area contributed by atoms with E-state index in [2.05, 4.69) is 20.5 Å². The highest BCUT2D eigenvalue weighted by molar-refractivity contribution is 14.0. The first kappa shape index (κ1) is 26.4. The summed E-state index contributed by atoms with van der Waals surface area (Å²) in [6.45, 7) is 8.89. The lowest BCUT2D eigenvalue weighted by atomic mass is 9.96. The second kappa shape index (κ2) is 11.7. The molecular weight excluding hydrogens is 498 g/mol. The number of aliphatic imine (C=N–C) groups is 1. The largest absolute Gasteiger partial charge is 0.466 e. The molecule has 0 fully saturated rings. The van der Waals surface area contributed by atoms with Crippen molar-refractivity contribution in [2.45, 2.75) is 39.3 Å². The predicted octanol–water partition coefficient (Wildman–Crippen LogP) is 3.72. The number of benzene rings is 1. The van der Waals surface area contributed by atoms with Gasteiger partial charge in [-0.05, 0) is 65.6 Å². The molecule has 0 radical (unpaired) electrons. The fraction of sp³-hybridized carbons (Fsp3) is 0.500. The molecule has 0 spiro atoms. The Kier molecular flexibility index (Phi) is 10.3. The van der Waals surface area contributed by atoms with Crippen LogP contribution >= 0.6 is 24.0 Å². The van der Waals surface area contributed by atoms with E-state index < -0.39 is 5.60 Å². The lowest BCUT2D eigenvalue weighted by Crippen LogP contribution is -2.42. The summed E-state index contributed by atoms with van der Waals surface area (Å²) in [6, 6.07) is 8.41. The van der Waals surface area contributed by atoms with E-state index in [1.165, 1.54) is 12.1 Å². The van der Waals surface area contributed by atoms with Gasteiger partial charge in [0.15, 0.2) is 5.96 Å². The zero-order chi connectivity index (χ0) is 21.6. The molecule has 0 aliphatic heterocycles. The van der Waals surface area contributed by atoms with Crippen molar-refractivity contribution in [3.05, 3.63) is 58.8 Å². The number of hydrogen-bond acceptors (Lipinski definition) is 4. The van der Waals surface area contributed by atoms with Crippen LogP contribution in [-0.4, -0.2) is 49.7 Å². The summed E-state index contributed by atoms with van der Waals surface area (Å²) in [5.41, 5.74) is 0.616. The maximum Gasteiger partial charge on any atom is 0.191 e. The summed E-state index contributed by atoms with van der Waals surface area (Å²) < 4.78 is 18.8. The number of hydrogen-bond donors (Lipinski definition) is 3. The number of furan rings is 1. The number of halogens is 2. The third-order valence-electron chi connectivity index (χ3n) is 4.85. The topological polar surface area (TPSA) is 73.0 Å². The molecule has 30 heavy (non-hydrogen) atoms. The molecule has 168 valence electrons. The average molecular weight is 532 g/mol. The summed E-state index contributed by atoms with van der Waals surface area (Å²) in [5, 5.41) is 17.4. The molecule has 0 aliphatic rings. The van der Waals surface area contributed by atoms with Gasteiger partial charge in [0.25, 0.3) is 0 Å². The fourth-order valence-corrected chi connectivity index (χ4v) is 3.30. The van der Waals surface area contributed by atoms with Gasteiger partial charge < -0.3 is 25.1 Å². The van der Waals surface area contributed by atoms with Gasteiger partial charge in [0.05, 0.1) is 12.6 Å². The molecule has 0 bridgehead atoms. The number of rotatable bonds is 8. The average Bonchev–Trinajstić information content (AvgIpc) is 3.00. The van der Waals surface area contributed by atoms with Crippen molar-refractivity contribution in [2.24, 2.45) is 4.99 Å². The van der Waals surface area contributed by atoms with Crippen LogP contribution in [-0.2, 0) is 5.60 Å². The van der Waals surface area contributed by atoms with Gasteiger partial charge in [0.2, 0.25) is 0 Å². The second-order valence-corrected chi connectivity index (χ2v) is 7.71. The van der Waals surface area contributed by atoms with Crippen LogP contribution in [0.15, 0.2) is 39.7 Å². The van der Waals surface area contributed by atoms with Crippen LogP contribution in [0.25, 0.3) is 0 Å². The SMILES string of the molecule is CCNC(=NCC(C)(O)c1cc(C)oc1C)NCC(c1ccc(F)cc1)N(C)C.I. The van der Waals surface area contributed by atoms with Crippen molar-refractivity contribution in [3.63, 3.8) is 0 Å². The zero-order valence-electron chi connectivity index (χ0n) is 18.6. The van der Waals surface area contributed by atoms with Gasteiger partial charge in [-0.2, -0.15) is 0 Å². The van der Waals surface area contributed by atoms with E-state index >= 15 is 0 Å². The number of nitrogens with zero attached hydrogens (tertiary/aromatic N) is 2. The molecule has 0 saturated heterocycles. The minimum Gasteiger partial charge on any atom is -0.466 e. The summed E-state index contributed by atoms with van der Waals surface area (Å²) in [6.07, 6.45) is 0. The van der Waals surface area contributed by atoms with Crippen molar-refractivity contribution in [3.8, 4) is 0 Å². The van der Waals surface area contributed by atoms with Gasteiger partial charge in [0.1, 0.15) is 22.9 Å². The Bertz CT molecular complexity index is 819. The van der Waals surface area contributed by atoms with E-state index in [4.69, 9.17) is 4.42 Å². The summed E-state index contributed by atoms with van der Waals surface area (Å²) >= 11 is 0. The number of aryl methyl sites for hydroxylation is 2. The van der Waals surface area contributed by atoms with E-state index in [1.807, 2.05) is 40.9 Å². The van der Waals surface area contributed by atoms with E-state index in [1.54, 1.807) is 19.1 Å². The molecule has 8 heteroatoms. The smallest absolute Gasteiger partial charge is 0.191 e. The van der Waals surface area contributed by atoms with Crippen LogP contribution in [0.5, 0.6) is 0 Å². The molecule has 1 aromatic carbocycles. The van der Waals surface area contributed by atoms with Crippen LogP contribution < -0.4 is 10.6 Å². The number of nitrogens with one attached hydrogen (secondary N) is 2. The molecule has 2 unspecified atom stereocenters. The summed E-state index contributed by atoms with van der Waals surface area (Å²) in [4.78, 5) is 6.64. The third kappa shape index (κ3) is 7.24. The second-order valence-electron chi connectivity index (χ2n) is 7.71. The van der Waals surface area contributed by atoms with Crippen molar-refractivity contribution in [2.75, 3.05) is 33.7 Å². The Morgan fingerprint density at radius 3 is 2.37 bits per heavy atom. The molecule has 2 rings (SSSR count). The zero-order valence-corrected chi connectivity index (χ0v) is 21.0. The molecule has 1 heterocycles. The van der Waals surface area contributed by atoms with Gasteiger partial charge in [0, 0.05) is 18.7 Å². The van der Waals surface area contributed by atoms with Gasteiger partial charge in [-0.3, -0.25) is 0 Å². The molecule has 3 N–H and O–H groups in total. The monoisotopic (exact) mass is 532 g/mol. The fourth-order valence-electron chi connectivity index (χ4n) is 3.30. The van der Waals surface area contributed by atoms with Gasteiger partial charge in [-0.25, -0.2) is 9.38 Å². The quantitative estimate of drug-likeness (QED) is 0.275. The molecule has 6 nitrogen and oxygen atoms in total. The highest BCUT2D eigenvalue weighted by Crippen LogP contribution is 2.27. The molecule has 0 aliphatic carbocycles. The molecular formula is C22H34FIN4O2. The first-order valence-corrected chi connectivity index (χ1v) is 9.88. The Labute approximate surface area is 196 Å². The van der Waals surface area contributed by atoms with E-state index in [0.29, 0.717) is 24.8 Å². The highest BCUT2D eigenvalue weighted by Gasteiger charge is 2.27.